The summed E-state index contributed by atoms with van der Waals surface area (Å²) in [5.41, 5.74) is 1.14. The standard InChI is InChI=1S/C5H4BrClS/c6-5(7)4-1-2-8-3-4/h1-3,5H. The summed E-state index contributed by atoms with van der Waals surface area (Å²) < 4.78 is -0.0197. The molecule has 1 aromatic heterocycles. The molecule has 1 rings (SSSR count). The first-order valence-electron chi connectivity index (χ1n) is 2.11. The molecular formula is C5H4BrClS. The maximum Gasteiger partial charge on any atom is 0.114 e. The first-order valence-corrected chi connectivity index (χ1v) is 4.40. The van der Waals surface area contributed by atoms with Crippen molar-refractivity contribution in [3.8, 4) is 0 Å². The molecule has 1 atom stereocenters. The number of halogens is 2. The van der Waals surface area contributed by atoms with Gasteiger partial charge in [0, 0.05) is 0 Å². The molecule has 0 spiro atoms. The van der Waals surface area contributed by atoms with Gasteiger partial charge in [0.1, 0.15) is 4.29 Å². The minimum absolute atomic E-state index is 0.0197. The van der Waals surface area contributed by atoms with Crippen LogP contribution in [0.1, 0.15) is 9.85 Å². The number of thiophene rings is 1. The minimum Gasteiger partial charge on any atom is -0.152 e. The van der Waals surface area contributed by atoms with Crippen LogP contribution in [-0.2, 0) is 0 Å². The highest BCUT2D eigenvalue weighted by Crippen LogP contribution is 2.27. The number of rotatable bonds is 1. The molecule has 0 aromatic carbocycles. The van der Waals surface area contributed by atoms with E-state index in [0.29, 0.717) is 0 Å². The number of alkyl halides is 2. The van der Waals surface area contributed by atoms with Crippen molar-refractivity contribution in [1.82, 2.24) is 0 Å². The third-order valence-corrected chi connectivity index (χ3v) is 2.28. The molecule has 0 nitrogen and oxygen atoms in total. The molecule has 0 aliphatic rings. The van der Waals surface area contributed by atoms with E-state index in [1.54, 1.807) is 11.3 Å². The lowest BCUT2D eigenvalue weighted by atomic mass is 10.4. The molecule has 0 radical (unpaired) electrons. The van der Waals surface area contributed by atoms with Crippen LogP contribution < -0.4 is 0 Å². The van der Waals surface area contributed by atoms with E-state index >= 15 is 0 Å². The molecule has 44 valence electrons. The van der Waals surface area contributed by atoms with Crippen molar-refractivity contribution in [3.63, 3.8) is 0 Å². The molecule has 1 aromatic rings. The van der Waals surface area contributed by atoms with Crippen LogP contribution in [0.3, 0.4) is 0 Å². The zero-order chi connectivity index (χ0) is 5.98. The fourth-order valence-corrected chi connectivity index (χ4v) is 1.76. The molecule has 8 heavy (non-hydrogen) atoms. The van der Waals surface area contributed by atoms with E-state index in [2.05, 4.69) is 15.9 Å². The normalized spacial score (nSPS) is 13.8. The van der Waals surface area contributed by atoms with Crippen LogP contribution in [0.4, 0.5) is 0 Å². The highest BCUT2D eigenvalue weighted by atomic mass is 79.9. The van der Waals surface area contributed by atoms with Gasteiger partial charge in [-0.05, 0) is 22.4 Å². The predicted molar refractivity (Wildman–Crippen MR) is 41.8 cm³/mol. The summed E-state index contributed by atoms with van der Waals surface area (Å²) >= 11 is 10.6. The molecule has 0 amide bonds. The molecule has 0 aliphatic heterocycles. The second kappa shape index (κ2) is 2.85. The molecule has 0 N–H and O–H groups in total. The van der Waals surface area contributed by atoms with Crippen molar-refractivity contribution >= 4 is 38.9 Å². The van der Waals surface area contributed by atoms with Crippen LogP contribution in [0, 0.1) is 0 Å². The van der Waals surface area contributed by atoms with Gasteiger partial charge in [0.05, 0.1) is 0 Å². The van der Waals surface area contributed by atoms with E-state index in [9.17, 15) is 0 Å². The molecule has 0 fully saturated rings. The van der Waals surface area contributed by atoms with Gasteiger partial charge in [-0.3, -0.25) is 0 Å². The molecule has 0 saturated carbocycles. The van der Waals surface area contributed by atoms with Crippen LogP contribution in [0.2, 0.25) is 0 Å². The first-order chi connectivity index (χ1) is 3.80. The Morgan fingerprint density at radius 1 is 1.75 bits per heavy atom. The number of hydrogen-bond donors (Lipinski definition) is 0. The monoisotopic (exact) mass is 210 g/mol. The average Bonchev–Trinajstić information content (AvgIpc) is 2.12. The summed E-state index contributed by atoms with van der Waals surface area (Å²) in [5, 5.41) is 4.03. The van der Waals surface area contributed by atoms with E-state index in [4.69, 9.17) is 11.6 Å². The van der Waals surface area contributed by atoms with E-state index in [1.165, 1.54) is 0 Å². The van der Waals surface area contributed by atoms with Gasteiger partial charge in [0.2, 0.25) is 0 Å². The predicted octanol–water partition coefficient (Wildman–Crippen LogP) is 3.38. The SMILES string of the molecule is ClC(Br)c1ccsc1. The molecule has 0 bridgehead atoms. The van der Waals surface area contributed by atoms with Gasteiger partial charge in [-0.15, -0.1) is 11.6 Å². The van der Waals surface area contributed by atoms with Crippen LogP contribution in [0.5, 0.6) is 0 Å². The summed E-state index contributed by atoms with van der Waals surface area (Å²) in [5.74, 6) is 0. The van der Waals surface area contributed by atoms with Crippen molar-refractivity contribution in [2.24, 2.45) is 0 Å². The second-order valence-corrected chi connectivity index (χ2v) is 4.02. The maximum absolute atomic E-state index is 5.67. The topological polar surface area (TPSA) is 0 Å². The Labute approximate surface area is 65.6 Å². The number of hydrogen-bond acceptors (Lipinski definition) is 1. The summed E-state index contributed by atoms with van der Waals surface area (Å²) in [6.07, 6.45) is 0. The molecule has 1 unspecified atom stereocenters. The van der Waals surface area contributed by atoms with E-state index in [1.807, 2.05) is 16.8 Å². The Kier molecular flexibility index (Phi) is 2.35. The van der Waals surface area contributed by atoms with Crippen molar-refractivity contribution in [2.45, 2.75) is 4.29 Å². The highest BCUT2D eigenvalue weighted by molar-refractivity contribution is 9.09. The second-order valence-electron chi connectivity index (χ2n) is 1.36. The smallest absolute Gasteiger partial charge is 0.114 e. The van der Waals surface area contributed by atoms with Gasteiger partial charge >= 0.3 is 0 Å². The highest BCUT2D eigenvalue weighted by Gasteiger charge is 1.99. The zero-order valence-corrected chi connectivity index (χ0v) is 7.13. The third kappa shape index (κ3) is 1.47. The van der Waals surface area contributed by atoms with Crippen molar-refractivity contribution in [2.75, 3.05) is 0 Å². The van der Waals surface area contributed by atoms with Crippen molar-refractivity contribution in [3.05, 3.63) is 22.4 Å². The minimum atomic E-state index is -0.0197. The molecule has 0 saturated heterocycles. The van der Waals surface area contributed by atoms with Gasteiger partial charge in [-0.2, -0.15) is 11.3 Å². The fourth-order valence-electron chi connectivity index (χ4n) is 0.399. The van der Waals surface area contributed by atoms with Crippen LogP contribution >= 0.6 is 38.9 Å². The van der Waals surface area contributed by atoms with Crippen LogP contribution in [0.25, 0.3) is 0 Å². The van der Waals surface area contributed by atoms with Gasteiger partial charge in [-0.25, -0.2) is 0 Å². The van der Waals surface area contributed by atoms with E-state index in [0.717, 1.165) is 5.56 Å². The lowest BCUT2D eigenvalue weighted by Crippen LogP contribution is -1.69. The van der Waals surface area contributed by atoms with Gasteiger partial charge < -0.3 is 0 Å². The van der Waals surface area contributed by atoms with Crippen molar-refractivity contribution in [1.29, 1.82) is 0 Å². The zero-order valence-electron chi connectivity index (χ0n) is 3.97. The Morgan fingerprint density at radius 3 is 2.75 bits per heavy atom. The Hall–Kier alpha value is 0.470. The van der Waals surface area contributed by atoms with Gasteiger partial charge in [0.25, 0.3) is 0 Å². The third-order valence-electron chi connectivity index (χ3n) is 0.795. The average molecular weight is 212 g/mol. The van der Waals surface area contributed by atoms with Crippen molar-refractivity contribution < 1.29 is 0 Å². The summed E-state index contributed by atoms with van der Waals surface area (Å²) in [7, 11) is 0. The van der Waals surface area contributed by atoms with E-state index < -0.39 is 0 Å². The Morgan fingerprint density at radius 2 is 2.50 bits per heavy atom. The lowest BCUT2D eigenvalue weighted by Gasteiger charge is -1.91. The molecular weight excluding hydrogens is 207 g/mol. The van der Waals surface area contributed by atoms with Gasteiger partial charge in [0.15, 0.2) is 0 Å². The molecule has 3 heteroatoms. The summed E-state index contributed by atoms with van der Waals surface area (Å²) in [6.45, 7) is 0. The fraction of sp³-hybridized carbons (Fsp3) is 0.200. The van der Waals surface area contributed by atoms with Crippen LogP contribution in [-0.4, -0.2) is 0 Å². The Bertz CT molecular complexity index is 147. The summed E-state index contributed by atoms with van der Waals surface area (Å²) in [4.78, 5) is 0. The maximum atomic E-state index is 5.67. The molecule has 1 heterocycles. The lowest BCUT2D eigenvalue weighted by molar-refractivity contribution is 1.44. The summed E-state index contributed by atoms with van der Waals surface area (Å²) in [6, 6.07) is 2.00. The first kappa shape index (κ1) is 6.59. The van der Waals surface area contributed by atoms with Gasteiger partial charge in [-0.1, -0.05) is 15.9 Å². The van der Waals surface area contributed by atoms with Crippen LogP contribution in [0.15, 0.2) is 16.8 Å². The Balaban J connectivity index is 2.77. The quantitative estimate of drug-likeness (QED) is 0.625. The largest absolute Gasteiger partial charge is 0.152 e. The molecule has 0 aliphatic carbocycles. The van der Waals surface area contributed by atoms with E-state index in [-0.39, 0.29) is 4.29 Å².